The summed E-state index contributed by atoms with van der Waals surface area (Å²) in [6.45, 7) is 2.71. The minimum atomic E-state index is -0.741. The molecule has 1 fully saturated rings. The number of rotatable bonds is 2. The van der Waals surface area contributed by atoms with Crippen molar-refractivity contribution < 1.29 is 14.7 Å². The van der Waals surface area contributed by atoms with E-state index in [0.29, 0.717) is 26.2 Å². The van der Waals surface area contributed by atoms with Crippen molar-refractivity contribution >= 4 is 12.0 Å². The zero-order valence-electron chi connectivity index (χ0n) is 12.0. The van der Waals surface area contributed by atoms with E-state index in [1.54, 1.807) is 0 Å². The third-order valence-electron chi connectivity index (χ3n) is 4.46. The summed E-state index contributed by atoms with van der Waals surface area (Å²) >= 11 is 0. The highest BCUT2D eigenvalue weighted by Gasteiger charge is 2.30. The SMILES string of the molecule is O=C(O)CC1CCN(C(=O)N2Cc3ccccc3C2)CC1. The lowest BCUT2D eigenvalue weighted by Crippen LogP contribution is -2.45. The zero-order valence-corrected chi connectivity index (χ0v) is 12.0. The fraction of sp³-hybridized carbons (Fsp3) is 0.500. The number of amides is 2. The van der Waals surface area contributed by atoms with E-state index in [0.717, 1.165) is 12.8 Å². The van der Waals surface area contributed by atoms with E-state index >= 15 is 0 Å². The van der Waals surface area contributed by atoms with Gasteiger partial charge in [0.15, 0.2) is 0 Å². The number of carboxylic acids is 1. The molecule has 2 aliphatic heterocycles. The minimum absolute atomic E-state index is 0.0833. The fourth-order valence-electron chi connectivity index (χ4n) is 3.24. The third kappa shape index (κ3) is 3.01. The number of carbonyl (C=O) groups excluding carboxylic acids is 1. The maximum absolute atomic E-state index is 12.5. The lowest BCUT2D eigenvalue weighted by molar-refractivity contribution is -0.138. The number of likely N-dealkylation sites (tertiary alicyclic amines) is 1. The van der Waals surface area contributed by atoms with Crippen LogP contribution in [0.3, 0.4) is 0 Å². The Morgan fingerprint density at radius 1 is 1.05 bits per heavy atom. The maximum Gasteiger partial charge on any atom is 0.320 e. The second-order valence-corrected chi connectivity index (χ2v) is 5.94. The Hall–Kier alpha value is -2.04. The first-order chi connectivity index (χ1) is 10.1. The van der Waals surface area contributed by atoms with Crippen LogP contribution in [0.15, 0.2) is 24.3 Å². The summed E-state index contributed by atoms with van der Waals surface area (Å²) in [6.07, 6.45) is 1.80. The van der Waals surface area contributed by atoms with Gasteiger partial charge >= 0.3 is 12.0 Å². The fourth-order valence-corrected chi connectivity index (χ4v) is 3.24. The molecule has 0 radical (unpaired) electrons. The number of carboxylic acid groups (broad SMARTS) is 1. The standard InChI is InChI=1S/C16H20N2O3/c19-15(20)9-12-5-7-17(8-6-12)16(21)18-10-13-3-1-2-4-14(13)11-18/h1-4,12H,5-11H2,(H,19,20). The Kier molecular flexibility index (Phi) is 3.82. The minimum Gasteiger partial charge on any atom is -0.481 e. The average molecular weight is 288 g/mol. The van der Waals surface area contributed by atoms with Crippen LogP contribution in [0, 0.1) is 5.92 Å². The predicted molar refractivity (Wildman–Crippen MR) is 77.6 cm³/mol. The van der Waals surface area contributed by atoms with Crippen molar-refractivity contribution in [2.75, 3.05) is 13.1 Å². The molecule has 1 N–H and O–H groups in total. The zero-order chi connectivity index (χ0) is 14.8. The largest absolute Gasteiger partial charge is 0.481 e. The monoisotopic (exact) mass is 288 g/mol. The lowest BCUT2D eigenvalue weighted by Gasteiger charge is -2.34. The van der Waals surface area contributed by atoms with Gasteiger partial charge in [-0.25, -0.2) is 4.79 Å². The second kappa shape index (κ2) is 5.76. The lowest BCUT2D eigenvalue weighted by atomic mass is 9.94. The van der Waals surface area contributed by atoms with Crippen LogP contribution in [0.1, 0.15) is 30.4 Å². The second-order valence-electron chi connectivity index (χ2n) is 5.94. The normalized spacial score (nSPS) is 18.7. The summed E-state index contributed by atoms with van der Waals surface area (Å²) in [5.41, 5.74) is 2.46. The van der Waals surface area contributed by atoms with Gasteiger partial charge < -0.3 is 14.9 Å². The van der Waals surface area contributed by atoms with Crippen LogP contribution in [0.2, 0.25) is 0 Å². The number of nitrogens with zero attached hydrogens (tertiary/aromatic N) is 2. The van der Waals surface area contributed by atoms with Crippen LogP contribution in [-0.2, 0) is 17.9 Å². The summed E-state index contributed by atoms with van der Waals surface area (Å²) in [6, 6.07) is 8.23. The molecule has 1 aromatic carbocycles. The highest BCUT2D eigenvalue weighted by molar-refractivity contribution is 5.75. The molecule has 0 saturated carbocycles. The van der Waals surface area contributed by atoms with Crippen molar-refractivity contribution in [3.8, 4) is 0 Å². The van der Waals surface area contributed by atoms with Crippen molar-refractivity contribution in [1.82, 2.24) is 9.80 Å². The van der Waals surface area contributed by atoms with Crippen LogP contribution in [0.25, 0.3) is 0 Å². The van der Waals surface area contributed by atoms with E-state index in [4.69, 9.17) is 5.11 Å². The van der Waals surface area contributed by atoms with Crippen molar-refractivity contribution in [3.05, 3.63) is 35.4 Å². The molecule has 1 aromatic rings. The number of piperidine rings is 1. The average Bonchev–Trinajstić information content (AvgIpc) is 2.90. The number of fused-ring (bicyclic) bond motifs is 1. The smallest absolute Gasteiger partial charge is 0.320 e. The van der Waals surface area contributed by atoms with E-state index in [1.165, 1.54) is 11.1 Å². The molecule has 3 rings (SSSR count). The molecule has 1 saturated heterocycles. The van der Waals surface area contributed by atoms with Crippen LogP contribution >= 0.6 is 0 Å². The Balaban J connectivity index is 1.55. The van der Waals surface area contributed by atoms with E-state index in [1.807, 2.05) is 21.9 Å². The Morgan fingerprint density at radius 3 is 2.14 bits per heavy atom. The van der Waals surface area contributed by atoms with Crippen LogP contribution in [-0.4, -0.2) is 40.0 Å². The van der Waals surface area contributed by atoms with Gasteiger partial charge in [0.05, 0.1) is 0 Å². The molecule has 0 bridgehead atoms. The van der Waals surface area contributed by atoms with Crippen molar-refractivity contribution in [2.45, 2.75) is 32.4 Å². The number of hydrogen-bond donors (Lipinski definition) is 1. The molecule has 0 atom stereocenters. The molecule has 5 heteroatoms. The molecular formula is C16H20N2O3. The van der Waals surface area contributed by atoms with Crippen LogP contribution in [0.5, 0.6) is 0 Å². The third-order valence-corrected chi connectivity index (χ3v) is 4.46. The van der Waals surface area contributed by atoms with Crippen molar-refractivity contribution in [3.63, 3.8) is 0 Å². The summed E-state index contributed by atoms with van der Waals surface area (Å²) in [5, 5.41) is 8.82. The van der Waals surface area contributed by atoms with Gasteiger partial charge in [0.1, 0.15) is 0 Å². The number of urea groups is 1. The predicted octanol–water partition coefficient (Wildman–Crippen LogP) is 2.31. The molecule has 2 heterocycles. The quantitative estimate of drug-likeness (QED) is 0.908. The van der Waals surface area contributed by atoms with Gasteiger partial charge in [-0.3, -0.25) is 4.79 Å². The molecule has 2 aliphatic rings. The number of benzene rings is 1. The number of hydrogen-bond acceptors (Lipinski definition) is 2. The Morgan fingerprint density at radius 2 is 1.62 bits per heavy atom. The van der Waals surface area contributed by atoms with Crippen molar-refractivity contribution in [2.24, 2.45) is 5.92 Å². The first kappa shape index (κ1) is 13.9. The first-order valence-electron chi connectivity index (χ1n) is 7.46. The van der Waals surface area contributed by atoms with E-state index in [9.17, 15) is 9.59 Å². The topological polar surface area (TPSA) is 60.9 Å². The van der Waals surface area contributed by atoms with Gasteiger partial charge in [-0.05, 0) is 29.9 Å². The van der Waals surface area contributed by atoms with E-state index < -0.39 is 5.97 Å². The molecule has 112 valence electrons. The van der Waals surface area contributed by atoms with Gasteiger partial charge in [-0.2, -0.15) is 0 Å². The molecule has 0 unspecified atom stereocenters. The first-order valence-corrected chi connectivity index (χ1v) is 7.46. The van der Waals surface area contributed by atoms with Gasteiger partial charge in [0.2, 0.25) is 0 Å². The van der Waals surface area contributed by atoms with Gasteiger partial charge in [-0.15, -0.1) is 0 Å². The van der Waals surface area contributed by atoms with Gasteiger partial charge in [0.25, 0.3) is 0 Å². The molecule has 21 heavy (non-hydrogen) atoms. The molecule has 0 aliphatic carbocycles. The number of aliphatic carboxylic acids is 1. The molecule has 5 nitrogen and oxygen atoms in total. The molecule has 2 amide bonds. The number of carbonyl (C=O) groups is 2. The maximum atomic E-state index is 12.5. The Labute approximate surface area is 124 Å². The molecule has 0 aromatic heterocycles. The summed E-state index contributed by atoms with van der Waals surface area (Å²) < 4.78 is 0. The summed E-state index contributed by atoms with van der Waals surface area (Å²) in [4.78, 5) is 27.0. The molecule has 0 spiro atoms. The van der Waals surface area contributed by atoms with E-state index in [-0.39, 0.29) is 18.4 Å². The van der Waals surface area contributed by atoms with Crippen LogP contribution < -0.4 is 0 Å². The Bertz CT molecular complexity index is 525. The summed E-state index contributed by atoms with van der Waals surface area (Å²) in [7, 11) is 0. The van der Waals surface area contributed by atoms with Crippen LogP contribution in [0.4, 0.5) is 4.79 Å². The molecular weight excluding hydrogens is 268 g/mol. The highest BCUT2D eigenvalue weighted by Crippen LogP contribution is 2.26. The van der Waals surface area contributed by atoms with E-state index in [2.05, 4.69) is 12.1 Å². The van der Waals surface area contributed by atoms with Gasteiger partial charge in [-0.1, -0.05) is 24.3 Å². The van der Waals surface area contributed by atoms with Crippen molar-refractivity contribution in [1.29, 1.82) is 0 Å². The summed E-state index contributed by atoms with van der Waals surface area (Å²) in [5.74, 6) is -0.530. The van der Waals surface area contributed by atoms with Gasteiger partial charge in [0, 0.05) is 32.6 Å². The highest BCUT2D eigenvalue weighted by atomic mass is 16.4.